The average Bonchev–Trinajstić information content (AvgIpc) is 2.66. The molecule has 2 amide bonds. The quantitative estimate of drug-likeness (QED) is 0.735. The molecule has 0 unspecified atom stereocenters. The molecule has 0 spiro atoms. The van der Waals surface area contributed by atoms with Crippen molar-refractivity contribution >= 4 is 11.8 Å². The number of nitrogens with one attached hydrogen (secondary N) is 2. The molecule has 140 valence electrons. The fourth-order valence-corrected chi connectivity index (χ4v) is 2.18. The minimum absolute atomic E-state index is 0. The first-order valence-electron chi connectivity index (χ1n) is 7.81. The molecule has 0 radical (unpaired) electrons. The van der Waals surface area contributed by atoms with Crippen molar-refractivity contribution in [1.82, 2.24) is 15.6 Å². The third kappa shape index (κ3) is 6.08. The summed E-state index contributed by atoms with van der Waals surface area (Å²) in [6, 6.07) is 10.8. The number of ether oxygens (including phenoxy) is 2. The maximum Gasteiger partial charge on any atom is 0.309 e. The second-order valence-corrected chi connectivity index (χ2v) is 5.19. The van der Waals surface area contributed by atoms with Gasteiger partial charge in [0.1, 0.15) is 11.5 Å². The minimum atomic E-state index is -0.695. The standard InChI is InChI=1S/C18H21N3O4.CH4/c1-24-15-7-6-13(16(11-15)25-2)12-21-18(23)17(22)20-10-8-14-5-3-4-9-19-14;/h3-7,9,11H,8,10,12H2,1-2H3,(H,20,22)(H,21,23);1H4. The Kier molecular flexibility index (Phi) is 8.63. The largest absolute Gasteiger partial charge is 0.497 e. The minimum Gasteiger partial charge on any atom is -0.497 e. The molecule has 0 aliphatic carbocycles. The lowest BCUT2D eigenvalue weighted by atomic mass is 10.2. The van der Waals surface area contributed by atoms with Gasteiger partial charge in [0.2, 0.25) is 0 Å². The maximum atomic E-state index is 11.9. The van der Waals surface area contributed by atoms with Crippen LogP contribution in [0, 0.1) is 0 Å². The Balaban J connectivity index is 0.00000338. The van der Waals surface area contributed by atoms with Crippen LogP contribution in [0.3, 0.4) is 0 Å². The summed E-state index contributed by atoms with van der Waals surface area (Å²) in [6.07, 6.45) is 2.25. The van der Waals surface area contributed by atoms with Crippen molar-refractivity contribution in [2.75, 3.05) is 20.8 Å². The highest BCUT2D eigenvalue weighted by Crippen LogP contribution is 2.24. The van der Waals surface area contributed by atoms with Gasteiger partial charge < -0.3 is 20.1 Å². The Labute approximate surface area is 153 Å². The normalized spacial score (nSPS) is 9.62. The van der Waals surface area contributed by atoms with Crippen LogP contribution in [-0.2, 0) is 22.6 Å². The van der Waals surface area contributed by atoms with Gasteiger partial charge in [-0.05, 0) is 24.3 Å². The predicted octanol–water partition coefficient (Wildman–Crippen LogP) is 1.71. The van der Waals surface area contributed by atoms with Crippen molar-refractivity contribution in [3.8, 4) is 11.5 Å². The molecule has 7 nitrogen and oxygen atoms in total. The van der Waals surface area contributed by atoms with Gasteiger partial charge in [0.15, 0.2) is 0 Å². The van der Waals surface area contributed by atoms with Crippen molar-refractivity contribution in [3.05, 3.63) is 53.9 Å². The monoisotopic (exact) mass is 359 g/mol. The van der Waals surface area contributed by atoms with Crippen molar-refractivity contribution in [1.29, 1.82) is 0 Å². The van der Waals surface area contributed by atoms with Gasteiger partial charge >= 0.3 is 11.8 Å². The molecule has 0 aliphatic rings. The van der Waals surface area contributed by atoms with Gasteiger partial charge in [-0.3, -0.25) is 14.6 Å². The third-order valence-electron chi connectivity index (χ3n) is 3.53. The zero-order chi connectivity index (χ0) is 18.1. The summed E-state index contributed by atoms with van der Waals surface area (Å²) in [5.41, 5.74) is 1.60. The Morgan fingerprint density at radius 2 is 1.81 bits per heavy atom. The summed E-state index contributed by atoms with van der Waals surface area (Å²) in [6.45, 7) is 0.523. The zero-order valence-electron chi connectivity index (χ0n) is 14.2. The Bertz CT molecular complexity index is 720. The van der Waals surface area contributed by atoms with E-state index in [1.165, 1.54) is 7.11 Å². The van der Waals surface area contributed by atoms with Crippen molar-refractivity contribution in [2.45, 2.75) is 20.4 Å². The lowest BCUT2D eigenvalue weighted by Crippen LogP contribution is -2.40. The fraction of sp³-hybridized carbons (Fsp3) is 0.316. The van der Waals surface area contributed by atoms with E-state index >= 15 is 0 Å². The van der Waals surface area contributed by atoms with Crippen LogP contribution in [-0.4, -0.2) is 37.6 Å². The van der Waals surface area contributed by atoms with Gasteiger partial charge in [-0.1, -0.05) is 13.5 Å². The summed E-state index contributed by atoms with van der Waals surface area (Å²) in [4.78, 5) is 27.8. The molecule has 0 saturated heterocycles. The number of hydrogen-bond acceptors (Lipinski definition) is 5. The molecule has 0 aliphatic heterocycles. The molecule has 7 heteroatoms. The third-order valence-corrected chi connectivity index (χ3v) is 3.53. The summed E-state index contributed by atoms with van der Waals surface area (Å²) in [7, 11) is 3.09. The second-order valence-electron chi connectivity index (χ2n) is 5.19. The number of pyridine rings is 1. The van der Waals surface area contributed by atoms with Crippen molar-refractivity contribution < 1.29 is 19.1 Å². The summed E-state index contributed by atoms with van der Waals surface area (Å²) < 4.78 is 10.4. The van der Waals surface area contributed by atoms with Gasteiger partial charge in [-0.25, -0.2) is 0 Å². The van der Waals surface area contributed by atoms with E-state index < -0.39 is 11.8 Å². The van der Waals surface area contributed by atoms with E-state index in [4.69, 9.17) is 9.47 Å². The number of nitrogens with zero attached hydrogens (tertiary/aromatic N) is 1. The molecule has 2 aromatic rings. The van der Waals surface area contributed by atoms with Gasteiger partial charge in [0, 0.05) is 43.0 Å². The molecule has 1 aromatic carbocycles. The van der Waals surface area contributed by atoms with E-state index in [9.17, 15) is 9.59 Å². The van der Waals surface area contributed by atoms with Crippen LogP contribution < -0.4 is 20.1 Å². The fourth-order valence-electron chi connectivity index (χ4n) is 2.18. The summed E-state index contributed by atoms with van der Waals surface area (Å²) in [5.74, 6) is -0.142. The highest BCUT2D eigenvalue weighted by molar-refractivity contribution is 6.35. The summed E-state index contributed by atoms with van der Waals surface area (Å²) >= 11 is 0. The average molecular weight is 359 g/mol. The van der Waals surface area contributed by atoms with E-state index in [1.54, 1.807) is 31.5 Å². The molecule has 26 heavy (non-hydrogen) atoms. The molecule has 1 heterocycles. The lowest BCUT2D eigenvalue weighted by Gasteiger charge is -2.11. The first kappa shape index (κ1) is 21.0. The number of carbonyl (C=O) groups excluding carboxylic acids is 2. The molecule has 0 bridgehead atoms. The molecule has 0 fully saturated rings. The number of rotatable bonds is 7. The molecule has 2 N–H and O–H groups in total. The van der Waals surface area contributed by atoms with Gasteiger partial charge in [0.05, 0.1) is 14.2 Å². The highest BCUT2D eigenvalue weighted by atomic mass is 16.5. The first-order chi connectivity index (χ1) is 12.1. The van der Waals surface area contributed by atoms with Gasteiger partial charge in [-0.15, -0.1) is 0 Å². The van der Waals surface area contributed by atoms with Crippen LogP contribution in [0.25, 0.3) is 0 Å². The van der Waals surface area contributed by atoms with Crippen LogP contribution >= 0.6 is 0 Å². The highest BCUT2D eigenvalue weighted by Gasteiger charge is 2.14. The molecule has 0 atom stereocenters. The predicted molar refractivity (Wildman–Crippen MR) is 99.1 cm³/mol. The van der Waals surface area contributed by atoms with Gasteiger partial charge in [0.25, 0.3) is 0 Å². The number of hydrogen-bond donors (Lipinski definition) is 2. The molecular weight excluding hydrogens is 334 g/mol. The van der Waals surface area contributed by atoms with E-state index in [-0.39, 0.29) is 14.0 Å². The maximum absolute atomic E-state index is 11.9. The van der Waals surface area contributed by atoms with E-state index in [2.05, 4.69) is 15.6 Å². The number of amides is 2. The SMILES string of the molecule is C.COc1ccc(CNC(=O)C(=O)NCCc2ccccn2)c(OC)c1. The smallest absolute Gasteiger partial charge is 0.309 e. The lowest BCUT2D eigenvalue weighted by molar-refractivity contribution is -0.139. The van der Waals surface area contributed by atoms with Crippen LogP contribution in [0.15, 0.2) is 42.6 Å². The van der Waals surface area contributed by atoms with Crippen LogP contribution in [0.2, 0.25) is 0 Å². The molecule has 0 saturated carbocycles. The van der Waals surface area contributed by atoms with Crippen molar-refractivity contribution in [3.63, 3.8) is 0 Å². The number of aromatic nitrogens is 1. The zero-order valence-corrected chi connectivity index (χ0v) is 14.2. The van der Waals surface area contributed by atoms with E-state index in [0.29, 0.717) is 24.5 Å². The number of methoxy groups -OCH3 is 2. The first-order valence-corrected chi connectivity index (χ1v) is 7.81. The number of carbonyl (C=O) groups is 2. The van der Waals surface area contributed by atoms with E-state index in [0.717, 1.165) is 11.3 Å². The topological polar surface area (TPSA) is 89.5 Å². The van der Waals surface area contributed by atoms with Crippen molar-refractivity contribution in [2.24, 2.45) is 0 Å². The van der Waals surface area contributed by atoms with Crippen LogP contribution in [0.1, 0.15) is 18.7 Å². The van der Waals surface area contributed by atoms with E-state index in [1.807, 2.05) is 18.2 Å². The Morgan fingerprint density at radius 3 is 2.46 bits per heavy atom. The van der Waals surface area contributed by atoms with Gasteiger partial charge in [-0.2, -0.15) is 0 Å². The molecular formula is C19H25N3O4. The Morgan fingerprint density at radius 1 is 1.04 bits per heavy atom. The van der Waals surface area contributed by atoms with Crippen LogP contribution in [0.4, 0.5) is 0 Å². The molecule has 1 aromatic heterocycles. The van der Waals surface area contributed by atoms with Crippen LogP contribution in [0.5, 0.6) is 11.5 Å². The molecule has 2 rings (SSSR count). The second kappa shape index (κ2) is 10.7. The Hall–Kier alpha value is -3.09. The number of benzene rings is 1. The summed E-state index contributed by atoms with van der Waals surface area (Å²) in [5, 5.41) is 5.14.